The highest BCUT2D eigenvalue weighted by Gasteiger charge is 2.07. The van der Waals surface area contributed by atoms with E-state index in [0.29, 0.717) is 31.3 Å². The van der Waals surface area contributed by atoms with E-state index in [0.717, 1.165) is 11.1 Å². The molecule has 0 saturated carbocycles. The van der Waals surface area contributed by atoms with E-state index < -0.39 is 6.10 Å². The molecule has 0 aliphatic carbocycles. The molecular weight excluding hydrogens is 328 g/mol. The van der Waals surface area contributed by atoms with Gasteiger partial charge in [0.2, 0.25) is 5.91 Å². The first kappa shape index (κ1) is 19.9. The van der Waals surface area contributed by atoms with E-state index in [1.807, 2.05) is 68.4 Å². The molecule has 0 heterocycles. The zero-order valence-electron chi connectivity index (χ0n) is 15.4. The molecule has 140 valence electrons. The fourth-order valence-corrected chi connectivity index (χ4v) is 2.37. The molecule has 5 heteroatoms. The van der Waals surface area contributed by atoms with E-state index in [9.17, 15) is 9.90 Å². The topological polar surface area (TPSA) is 70.6 Å². The van der Waals surface area contributed by atoms with Crippen molar-refractivity contribution in [1.82, 2.24) is 10.6 Å². The Balaban J connectivity index is 1.72. The van der Waals surface area contributed by atoms with Gasteiger partial charge in [0.1, 0.15) is 18.5 Å². The standard InChI is InChI=1S/C21H28N2O3/c1-16(2)22-14-19(24)15-26-20-10-8-17(9-11-20)12-21(25)23-13-18-6-4-3-5-7-18/h3-11,16,19,22,24H,12-15H2,1-2H3,(H,23,25)/t19-/m0/s1. The number of carbonyl (C=O) groups excluding carboxylic acids is 1. The van der Waals surface area contributed by atoms with Crippen LogP contribution in [0.15, 0.2) is 54.6 Å². The number of hydrogen-bond donors (Lipinski definition) is 3. The van der Waals surface area contributed by atoms with Crippen molar-refractivity contribution in [3.8, 4) is 5.75 Å². The van der Waals surface area contributed by atoms with Crippen LogP contribution in [0.3, 0.4) is 0 Å². The van der Waals surface area contributed by atoms with Gasteiger partial charge in [0.15, 0.2) is 0 Å². The summed E-state index contributed by atoms with van der Waals surface area (Å²) in [4.78, 5) is 12.0. The first-order valence-electron chi connectivity index (χ1n) is 8.96. The van der Waals surface area contributed by atoms with Gasteiger partial charge in [0.05, 0.1) is 6.42 Å². The highest BCUT2D eigenvalue weighted by atomic mass is 16.5. The lowest BCUT2D eigenvalue weighted by Crippen LogP contribution is -2.35. The summed E-state index contributed by atoms with van der Waals surface area (Å²) in [6, 6.07) is 17.5. The Morgan fingerprint density at radius 1 is 1.04 bits per heavy atom. The van der Waals surface area contributed by atoms with Crippen LogP contribution in [0, 0.1) is 0 Å². The van der Waals surface area contributed by atoms with Crippen LogP contribution in [0.1, 0.15) is 25.0 Å². The molecule has 0 radical (unpaired) electrons. The van der Waals surface area contributed by atoms with Gasteiger partial charge in [-0.05, 0) is 23.3 Å². The highest BCUT2D eigenvalue weighted by molar-refractivity contribution is 5.78. The van der Waals surface area contributed by atoms with Crippen molar-refractivity contribution in [3.05, 3.63) is 65.7 Å². The first-order valence-corrected chi connectivity index (χ1v) is 8.96. The molecule has 5 nitrogen and oxygen atoms in total. The van der Waals surface area contributed by atoms with Crippen molar-refractivity contribution in [3.63, 3.8) is 0 Å². The van der Waals surface area contributed by atoms with Crippen molar-refractivity contribution in [1.29, 1.82) is 0 Å². The number of carbonyl (C=O) groups is 1. The third-order valence-electron chi connectivity index (χ3n) is 3.82. The predicted molar refractivity (Wildman–Crippen MR) is 103 cm³/mol. The van der Waals surface area contributed by atoms with Crippen LogP contribution in [0.4, 0.5) is 0 Å². The Morgan fingerprint density at radius 3 is 2.38 bits per heavy atom. The smallest absolute Gasteiger partial charge is 0.224 e. The van der Waals surface area contributed by atoms with Crippen LogP contribution >= 0.6 is 0 Å². The minimum absolute atomic E-state index is 0.0160. The van der Waals surface area contributed by atoms with Crippen molar-refractivity contribution in [2.45, 2.75) is 39.0 Å². The number of ether oxygens (including phenoxy) is 1. The Bertz CT molecular complexity index is 657. The number of nitrogens with one attached hydrogen (secondary N) is 2. The zero-order chi connectivity index (χ0) is 18.8. The number of hydrogen-bond acceptors (Lipinski definition) is 4. The van der Waals surface area contributed by atoms with Gasteiger partial charge >= 0.3 is 0 Å². The van der Waals surface area contributed by atoms with Crippen LogP contribution < -0.4 is 15.4 Å². The molecule has 2 aromatic carbocycles. The molecule has 26 heavy (non-hydrogen) atoms. The summed E-state index contributed by atoms with van der Waals surface area (Å²) in [7, 11) is 0. The van der Waals surface area contributed by atoms with E-state index in [2.05, 4.69) is 10.6 Å². The van der Waals surface area contributed by atoms with Crippen molar-refractivity contribution < 1.29 is 14.6 Å². The average Bonchev–Trinajstić information content (AvgIpc) is 2.65. The average molecular weight is 356 g/mol. The quantitative estimate of drug-likeness (QED) is 0.611. The molecule has 0 aliphatic rings. The SMILES string of the molecule is CC(C)NC[C@H](O)COc1ccc(CC(=O)NCc2ccccc2)cc1. The van der Waals surface area contributed by atoms with Crippen LogP contribution in [-0.4, -0.2) is 36.3 Å². The van der Waals surface area contributed by atoms with E-state index in [1.165, 1.54) is 0 Å². The summed E-state index contributed by atoms with van der Waals surface area (Å²) in [6.45, 7) is 5.32. The number of aliphatic hydroxyl groups is 1. The Morgan fingerprint density at radius 2 is 1.73 bits per heavy atom. The molecule has 0 aromatic heterocycles. The Hall–Kier alpha value is -2.37. The van der Waals surface area contributed by atoms with Gasteiger partial charge in [-0.1, -0.05) is 56.3 Å². The fourth-order valence-electron chi connectivity index (χ4n) is 2.37. The molecule has 0 fully saturated rings. The molecule has 0 aliphatic heterocycles. The number of aliphatic hydroxyl groups excluding tert-OH is 1. The van der Waals surface area contributed by atoms with Gasteiger partial charge in [-0.15, -0.1) is 0 Å². The molecule has 1 atom stereocenters. The monoisotopic (exact) mass is 356 g/mol. The van der Waals surface area contributed by atoms with Gasteiger partial charge < -0.3 is 20.5 Å². The molecule has 2 aromatic rings. The summed E-state index contributed by atoms with van der Waals surface area (Å²) in [6.07, 6.45) is -0.227. The summed E-state index contributed by atoms with van der Waals surface area (Å²) < 4.78 is 5.57. The van der Waals surface area contributed by atoms with E-state index in [-0.39, 0.29) is 12.5 Å². The van der Waals surface area contributed by atoms with Crippen molar-refractivity contribution in [2.75, 3.05) is 13.2 Å². The van der Waals surface area contributed by atoms with Gasteiger partial charge in [-0.2, -0.15) is 0 Å². The molecule has 3 N–H and O–H groups in total. The number of rotatable bonds is 10. The largest absolute Gasteiger partial charge is 0.491 e. The molecule has 0 spiro atoms. The van der Waals surface area contributed by atoms with Crippen LogP contribution in [0.25, 0.3) is 0 Å². The van der Waals surface area contributed by atoms with Gasteiger partial charge in [-0.25, -0.2) is 0 Å². The third-order valence-corrected chi connectivity index (χ3v) is 3.82. The molecule has 0 saturated heterocycles. The molecule has 1 amide bonds. The molecule has 2 rings (SSSR count). The fraction of sp³-hybridized carbons (Fsp3) is 0.381. The van der Waals surface area contributed by atoms with Crippen LogP contribution in [0.2, 0.25) is 0 Å². The second-order valence-corrected chi connectivity index (χ2v) is 6.61. The van der Waals surface area contributed by atoms with Gasteiger partial charge in [0, 0.05) is 19.1 Å². The summed E-state index contributed by atoms with van der Waals surface area (Å²) in [5, 5.41) is 15.9. The van der Waals surface area contributed by atoms with E-state index in [1.54, 1.807) is 0 Å². The Labute approximate surface area is 155 Å². The second kappa shape index (κ2) is 10.6. The van der Waals surface area contributed by atoms with Crippen LogP contribution in [-0.2, 0) is 17.8 Å². The summed E-state index contributed by atoms with van der Waals surface area (Å²) in [5.74, 6) is 0.666. The number of amides is 1. The molecule has 0 unspecified atom stereocenters. The van der Waals surface area contributed by atoms with Crippen molar-refractivity contribution >= 4 is 5.91 Å². The Kier molecular flexibility index (Phi) is 8.12. The summed E-state index contributed by atoms with van der Waals surface area (Å²) >= 11 is 0. The predicted octanol–water partition coefficient (Wildman–Crippen LogP) is 2.28. The highest BCUT2D eigenvalue weighted by Crippen LogP contribution is 2.13. The van der Waals surface area contributed by atoms with E-state index >= 15 is 0 Å². The molecule has 0 bridgehead atoms. The maximum Gasteiger partial charge on any atom is 0.224 e. The second-order valence-electron chi connectivity index (χ2n) is 6.61. The lowest BCUT2D eigenvalue weighted by molar-refractivity contribution is -0.120. The minimum atomic E-state index is -0.555. The maximum absolute atomic E-state index is 12.0. The first-order chi connectivity index (χ1) is 12.5. The third kappa shape index (κ3) is 7.68. The number of benzene rings is 2. The van der Waals surface area contributed by atoms with Crippen molar-refractivity contribution in [2.24, 2.45) is 0 Å². The zero-order valence-corrected chi connectivity index (χ0v) is 15.4. The van der Waals surface area contributed by atoms with Gasteiger partial charge in [0.25, 0.3) is 0 Å². The van der Waals surface area contributed by atoms with Crippen LogP contribution in [0.5, 0.6) is 5.75 Å². The normalized spacial score (nSPS) is 12.0. The molecular formula is C21H28N2O3. The lowest BCUT2D eigenvalue weighted by Gasteiger charge is -2.15. The van der Waals surface area contributed by atoms with E-state index in [4.69, 9.17) is 4.74 Å². The van der Waals surface area contributed by atoms with Gasteiger partial charge in [-0.3, -0.25) is 4.79 Å². The lowest BCUT2D eigenvalue weighted by atomic mass is 10.1. The minimum Gasteiger partial charge on any atom is -0.491 e. The maximum atomic E-state index is 12.0. The summed E-state index contributed by atoms with van der Waals surface area (Å²) in [5.41, 5.74) is 2.00.